The summed E-state index contributed by atoms with van der Waals surface area (Å²) in [5, 5.41) is 8.80. The maximum atomic E-state index is 13.1. The van der Waals surface area contributed by atoms with Crippen molar-refractivity contribution in [1.82, 2.24) is 20.4 Å². The number of rotatable bonds is 4. The van der Waals surface area contributed by atoms with Gasteiger partial charge in [0.25, 0.3) is 5.56 Å². The van der Waals surface area contributed by atoms with Crippen molar-refractivity contribution in [3.8, 4) is 5.75 Å². The number of hydrogen-bond acceptors (Lipinski definition) is 4. The molecule has 2 aliphatic heterocycles. The number of likely N-dealkylation sites (tertiary alicyclic amines) is 1. The predicted molar refractivity (Wildman–Crippen MR) is 97.2 cm³/mol. The lowest BCUT2D eigenvalue weighted by Crippen LogP contribution is -2.36. The predicted octanol–water partition coefficient (Wildman–Crippen LogP) is 0.982. The molecule has 1 aromatic heterocycles. The van der Waals surface area contributed by atoms with Gasteiger partial charge in [-0.05, 0) is 30.5 Å². The number of methoxy groups -OCH3 is 1. The molecule has 2 fully saturated rings. The molecule has 0 bridgehead atoms. The Morgan fingerprint density at radius 1 is 1.23 bits per heavy atom. The first kappa shape index (κ1) is 16.9. The molecule has 0 saturated carbocycles. The van der Waals surface area contributed by atoms with Gasteiger partial charge in [0, 0.05) is 36.8 Å². The van der Waals surface area contributed by atoms with E-state index < -0.39 is 0 Å². The summed E-state index contributed by atoms with van der Waals surface area (Å²) in [4.78, 5) is 27.0. The Balaban J connectivity index is 1.62. The van der Waals surface area contributed by atoms with Crippen LogP contribution in [-0.4, -0.2) is 47.7 Å². The Morgan fingerprint density at radius 2 is 2.00 bits per heavy atom. The fraction of sp³-hybridized carbons (Fsp3) is 0.474. The average Bonchev–Trinajstić information content (AvgIpc) is 3.32. The van der Waals surface area contributed by atoms with Gasteiger partial charge in [0.15, 0.2) is 0 Å². The molecule has 138 valence electrons. The zero-order valence-electron chi connectivity index (χ0n) is 15.0. The van der Waals surface area contributed by atoms with Gasteiger partial charge in [-0.1, -0.05) is 12.1 Å². The monoisotopic (exact) mass is 356 g/mol. The number of H-pyrrole nitrogens is 2. The summed E-state index contributed by atoms with van der Waals surface area (Å²) in [6.45, 7) is 4.39. The van der Waals surface area contributed by atoms with Crippen LogP contribution in [-0.2, 0) is 11.2 Å². The number of carbonyl (C=O) groups is 1. The molecule has 3 N–H and O–H groups in total. The minimum atomic E-state index is -0.210. The maximum Gasteiger partial charge on any atom is 0.267 e. The molecule has 3 heterocycles. The van der Waals surface area contributed by atoms with Crippen LogP contribution in [0.1, 0.15) is 22.9 Å². The summed E-state index contributed by atoms with van der Waals surface area (Å²) in [5.74, 6) is 1.67. The SMILES string of the molecule is COc1ccc([C@H]2[C@H]3CNC[C@H]3CN2C(=O)Cc2c(C)[nH][nH]c2=O)cc1. The Bertz CT molecular complexity index is 854. The van der Waals surface area contributed by atoms with E-state index in [0.29, 0.717) is 17.4 Å². The van der Waals surface area contributed by atoms with E-state index in [1.807, 2.05) is 36.1 Å². The maximum absolute atomic E-state index is 13.1. The molecule has 1 amide bonds. The minimum absolute atomic E-state index is 0.00779. The first-order chi connectivity index (χ1) is 12.6. The summed E-state index contributed by atoms with van der Waals surface area (Å²) in [6, 6.07) is 7.99. The largest absolute Gasteiger partial charge is 0.497 e. The third kappa shape index (κ3) is 2.82. The smallest absolute Gasteiger partial charge is 0.267 e. The zero-order valence-corrected chi connectivity index (χ0v) is 15.0. The highest BCUT2D eigenvalue weighted by Gasteiger charge is 2.46. The number of aromatic nitrogens is 2. The summed E-state index contributed by atoms with van der Waals surface area (Å²) >= 11 is 0. The third-order valence-corrected chi connectivity index (χ3v) is 5.76. The summed E-state index contributed by atoms with van der Waals surface area (Å²) in [5.41, 5.74) is 2.16. The van der Waals surface area contributed by atoms with Crippen LogP contribution in [0.25, 0.3) is 0 Å². The molecule has 0 aliphatic carbocycles. The summed E-state index contributed by atoms with van der Waals surface area (Å²) in [7, 11) is 1.65. The molecular formula is C19H24N4O3. The molecule has 26 heavy (non-hydrogen) atoms. The fourth-order valence-electron chi connectivity index (χ4n) is 4.34. The molecule has 1 aromatic carbocycles. The highest BCUT2D eigenvalue weighted by atomic mass is 16.5. The molecule has 0 radical (unpaired) electrons. The van der Waals surface area contributed by atoms with Gasteiger partial charge in [-0.15, -0.1) is 0 Å². The van der Waals surface area contributed by atoms with E-state index in [1.54, 1.807) is 7.11 Å². The van der Waals surface area contributed by atoms with Gasteiger partial charge in [0.2, 0.25) is 5.91 Å². The highest BCUT2D eigenvalue weighted by molar-refractivity contribution is 5.80. The van der Waals surface area contributed by atoms with Gasteiger partial charge >= 0.3 is 0 Å². The number of ether oxygens (including phenoxy) is 1. The van der Waals surface area contributed by atoms with Crippen molar-refractivity contribution in [3.63, 3.8) is 0 Å². The molecule has 7 nitrogen and oxygen atoms in total. The summed E-state index contributed by atoms with van der Waals surface area (Å²) < 4.78 is 5.25. The van der Waals surface area contributed by atoms with Crippen molar-refractivity contribution < 1.29 is 9.53 Å². The molecule has 7 heteroatoms. The first-order valence-electron chi connectivity index (χ1n) is 8.98. The van der Waals surface area contributed by atoms with Crippen LogP contribution in [0.2, 0.25) is 0 Å². The van der Waals surface area contributed by atoms with E-state index in [-0.39, 0.29) is 23.9 Å². The molecule has 2 aliphatic rings. The number of amides is 1. The highest BCUT2D eigenvalue weighted by Crippen LogP contribution is 2.43. The molecule has 2 saturated heterocycles. The fourth-order valence-corrected chi connectivity index (χ4v) is 4.34. The lowest BCUT2D eigenvalue weighted by atomic mass is 9.89. The second-order valence-electron chi connectivity index (χ2n) is 7.21. The van der Waals surface area contributed by atoms with E-state index in [1.165, 1.54) is 0 Å². The van der Waals surface area contributed by atoms with E-state index in [4.69, 9.17) is 4.74 Å². The number of carbonyl (C=O) groups excluding carboxylic acids is 1. The number of hydrogen-bond donors (Lipinski definition) is 3. The van der Waals surface area contributed by atoms with Crippen LogP contribution in [0.15, 0.2) is 29.1 Å². The number of benzene rings is 1. The van der Waals surface area contributed by atoms with Crippen molar-refractivity contribution in [2.75, 3.05) is 26.7 Å². The molecule has 4 rings (SSSR count). The standard InChI is InChI=1S/C19H24N4O3/c1-11-15(19(25)22-21-11)7-17(24)23-10-13-8-20-9-16(13)18(23)12-3-5-14(26-2)6-4-12/h3-6,13,16,18,20H,7-10H2,1-2H3,(H2,21,22,25)/t13-,16-,18-/m0/s1. The van der Waals surface area contributed by atoms with Gasteiger partial charge in [0.05, 0.1) is 19.6 Å². The average molecular weight is 356 g/mol. The third-order valence-electron chi connectivity index (χ3n) is 5.76. The van der Waals surface area contributed by atoms with Crippen LogP contribution in [0, 0.1) is 18.8 Å². The molecule has 0 spiro atoms. The van der Waals surface area contributed by atoms with Gasteiger partial charge in [-0.2, -0.15) is 0 Å². The van der Waals surface area contributed by atoms with Crippen LogP contribution in [0.5, 0.6) is 5.75 Å². The quantitative estimate of drug-likeness (QED) is 0.762. The number of aromatic amines is 2. The number of nitrogens with one attached hydrogen (secondary N) is 3. The Kier molecular flexibility index (Phi) is 4.32. The Hall–Kier alpha value is -2.54. The van der Waals surface area contributed by atoms with Crippen LogP contribution < -0.4 is 15.6 Å². The number of fused-ring (bicyclic) bond motifs is 1. The molecular weight excluding hydrogens is 332 g/mol. The van der Waals surface area contributed by atoms with E-state index in [2.05, 4.69) is 15.5 Å². The second-order valence-corrected chi connectivity index (χ2v) is 7.21. The van der Waals surface area contributed by atoms with Gasteiger partial charge in [0.1, 0.15) is 5.75 Å². The van der Waals surface area contributed by atoms with Crippen LogP contribution in [0.3, 0.4) is 0 Å². The van der Waals surface area contributed by atoms with Crippen molar-refractivity contribution in [2.24, 2.45) is 11.8 Å². The second kappa shape index (κ2) is 6.64. The lowest BCUT2D eigenvalue weighted by Gasteiger charge is -2.28. The van der Waals surface area contributed by atoms with Gasteiger partial charge in [-0.3, -0.25) is 14.7 Å². The van der Waals surface area contributed by atoms with Gasteiger partial charge < -0.3 is 20.1 Å². The van der Waals surface area contributed by atoms with Crippen molar-refractivity contribution in [3.05, 3.63) is 51.4 Å². The zero-order chi connectivity index (χ0) is 18.3. The topological polar surface area (TPSA) is 90.2 Å². The van der Waals surface area contributed by atoms with Gasteiger partial charge in [-0.25, -0.2) is 0 Å². The first-order valence-corrected chi connectivity index (χ1v) is 8.98. The van der Waals surface area contributed by atoms with E-state index >= 15 is 0 Å². The van der Waals surface area contributed by atoms with E-state index in [9.17, 15) is 9.59 Å². The van der Waals surface area contributed by atoms with Crippen molar-refractivity contribution >= 4 is 5.91 Å². The van der Waals surface area contributed by atoms with Crippen LogP contribution in [0.4, 0.5) is 0 Å². The molecule has 0 unspecified atom stereocenters. The Labute approximate surface area is 151 Å². The van der Waals surface area contributed by atoms with Crippen LogP contribution >= 0.6 is 0 Å². The lowest BCUT2D eigenvalue weighted by molar-refractivity contribution is -0.131. The minimum Gasteiger partial charge on any atom is -0.497 e. The summed E-state index contributed by atoms with van der Waals surface area (Å²) in [6.07, 6.45) is 0.129. The molecule has 2 aromatic rings. The van der Waals surface area contributed by atoms with Crippen molar-refractivity contribution in [1.29, 1.82) is 0 Å². The van der Waals surface area contributed by atoms with E-state index in [0.717, 1.165) is 36.6 Å². The van der Waals surface area contributed by atoms with Crippen molar-refractivity contribution in [2.45, 2.75) is 19.4 Å². The number of aryl methyl sites for hydroxylation is 1. The normalized spacial score (nSPS) is 24.7. The number of nitrogens with zero attached hydrogens (tertiary/aromatic N) is 1. The Morgan fingerprint density at radius 3 is 2.65 bits per heavy atom. The molecule has 3 atom stereocenters.